The summed E-state index contributed by atoms with van der Waals surface area (Å²) in [4.78, 5) is 13.1. The highest BCUT2D eigenvalue weighted by molar-refractivity contribution is 9.10. The van der Waals surface area contributed by atoms with Crippen LogP contribution in [0.4, 0.5) is 5.69 Å². The van der Waals surface area contributed by atoms with Crippen molar-refractivity contribution < 1.29 is 9.90 Å². The van der Waals surface area contributed by atoms with Gasteiger partial charge < -0.3 is 20.1 Å². The standard InChI is InChI=1S/C24H23BrN2O2S/c1-16-3-12-22(13-17(16)2)26-24(30)27(15-19-6-10-21(25)11-7-19)14-18-4-8-20(9-5-18)23(28)29/h3-13H,14-15H2,1-2H3,(H,26,30)(H,28,29)/p-1. The van der Waals surface area contributed by atoms with Gasteiger partial charge in [0.15, 0.2) is 5.11 Å². The van der Waals surface area contributed by atoms with Crippen molar-refractivity contribution in [1.82, 2.24) is 4.90 Å². The minimum absolute atomic E-state index is 0.161. The molecule has 0 unspecified atom stereocenters. The molecule has 0 aliphatic carbocycles. The normalized spacial score (nSPS) is 10.5. The van der Waals surface area contributed by atoms with E-state index in [4.69, 9.17) is 12.2 Å². The van der Waals surface area contributed by atoms with Gasteiger partial charge in [-0.2, -0.15) is 0 Å². The first-order valence-electron chi connectivity index (χ1n) is 9.50. The predicted octanol–water partition coefficient (Wildman–Crippen LogP) is 4.83. The van der Waals surface area contributed by atoms with Gasteiger partial charge in [-0.1, -0.05) is 58.4 Å². The highest BCUT2D eigenvalue weighted by Gasteiger charge is 2.13. The highest BCUT2D eigenvalue weighted by Crippen LogP contribution is 2.18. The molecule has 0 spiro atoms. The maximum atomic E-state index is 11.0. The second-order valence-corrected chi connectivity index (χ2v) is 8.50. The molecule has 1 N–H and O–H groups in total. The molecule has 0 amide bonds. The van der Waals surface area contributed by atoms with Gasteiger partial charge in [0.1, 0.15) is 0 Å². The van der Waals surface area contributed by atoms with E-state index in [1.165, 1.54) is 11.1 Å². The van der Waals surface area contributed by atoms with Crippen LogP contribution >= 0.6 is 28.1 Å². The van der Waals surface area contributed by atoms with E-state index >= 15 is 0 Å². The van der Waals surface area contributed by atoms with Gasteiger partial charge in [-0.15, -0.1) is 0 Å². The Kier molecular flexibility index (Phi) is 7.24. The summed E-state index contributed by atoms with van der Waals surface area (Å²) < 4.78 is 1.02. The van der Waals surface area contributed by atoms with Gasteiger partial charge in [-0.25, -0.2) is 0 Å². The summed E-state index contributed by atoms with van der Waals surface area (Å²) in [5.41, 5.74) is 5.60. The smallest absolute Gasteiger partial charge is 0.174 e. The number of halogens is 1. The van der Waals surface area contributed by atoms with Crippen molar-refractivity contribution in [3.63, 3.8) is 0 Å². The molecule has 0 heterocycles. The van der Waals surface area contributed by atoms with Crippen molar-refractivity contribution in [3.8, 4) is 0 Å². The van der Waals surface area contributed by atoms with Gasteiger partial charge in [0.05, 0.1) is 5.97 Å². The van der Waals surface area contributed by atoms with Crippen LogP contribution in [0, 0.1) is 13.8 Å². The third-order valence-corrected chi connectivity index (χ3v) is 5.78. The summed E-state index contributed by atoms with van der Waals surface area (Å²) in [7, 11) is 0. The lowest BCUT2D eigenvalue weighted by Crippen LogP contribution is -2.34. The third kappa shape index (κ3) is 5.90. The molecule has 0 fully saturated rings. The lowest BCUT2D eigenvalue weighted by Gasteiger charge is -2.26. The fraction of sp³-hybridized carbons (Fsp3) is 0.167. The fourth-order valence-electron chi connectivity index (χ4n) is 3.00. The van der Waals surface area contributed by atoms with Crippen LogP contribution in [0.5, 0.6) is 0 Å². The van der Waals surface area contributed by atoms with E-state index in [2.05, 4.69) is 64.3 Å². The van der Waals surface area contributed by atoms with Crippen LogP contribution in [-0.4, -0.2) is 16.0 Å². The average molecular weight is 482 g/mol. The Bertz CT molecular complexity index is 1050. The van der Waals surface area contributed by atoms with Crippen molar-refractivity contribution in [2.75, 3.05) is 5.32 Å². The molecular formula is C24H22BrN2O2S-. The highest BCUT2D eigenvalue weighted by atomic mass is 79.9. The first kappa shape index (κ1) is 22.0. The van der Waals surface area contributed by atoms with Gasteiger partial charge in [0.2, 0.25) is 0 Å². The molecule has 0 bridgehead atoms. The first-order chi connectivity index (χ1) is 14.3. The zero-order chi connectivity index (χ0) is 21.7. The molecule has 3 aromatic carbocycles. The molecule has 3 aromatic rings. The second-order valence-electron chi connectivity index (χ2n) is 7.20. The van der Waals surface area contributed by atoms with E-state index in [1.54, 1.807) is 24.3 Å². The summed E-state index contributed by atoms with van der Waals surface area (Å²) >= 11 is 9.19. The summed E-state index contributed by atoms with van der Waals surface area (Å²) in [5, 5.41) is 14.9. The topological polar surface area (TPSA) is 55.4 Å². The van der Waals surface area contributed by atoms with E-state index in [-0.39, 0.29) is 5.56 Å². The quantitative estimate of drug-likeness (QED) is 0.511. The minimum atomic E-state index is -1.18. The number of aryl methyl sites for hydroxylation is 2. The van der Waals surface area contributed by atoms with Crippen molar-refractivity contribution >= 4 is 44.9 Å². The zero-order valence-corrected chi connectivity index (χ0v) is 19.2. The first-order valence-corrected chi connectivity index (χ1v) is 10.7. The Labute approximate surface area is 190 Å². The maximum Gasteiger partial charge on any atom is 0.174 e. The third-order valence-electron chi connectivity index (χ3n) is 4.90. The Balaban J connectivity index is 1.81. The minimum Gasteiger partial charge on any atom is -0.545 e. The molecule has 154 valence electrons. The largest absolute Gasteiger partial charge is 0.545 e. The number of nitrogens with one attached hydrogen (secondary N) is 1. The number of benzene rings is 3. The number of anilines is 1. The summed E-state index contributed by atoms with van der Waals surface area (Å²) in [6.45, 7) is 5.31. The molecule has 4 nitrogen and oxygen atoms in total. The zero-order valence-electron chi connectivity index (χ0n) is 16.8. The van der Waals surface area contributed by atoms with Crippen LogP contribution in [0.1, 0.15) is 32.6 Å². The van der Waals surface area contributed by atoms with E-state index in [0.717, 1.165) is 21.3 Å². The molecule has 30 heavy (non-hydrogen) atoms. The summed E-state index contributed by atoms with van der Waals surface area (Å²) in [6, 6.07) is 21.0. The fourth-order valence-corrected chi connectivity index (χ4v) is 3.51. The Morgan fingerprint density at radius 2 is 1.50 bits per heavy atom. The van der Waals surface area contributed by atoms with Gasteiger partial charge in [0.25, 0.3) is 0 Å². The number of nitrogens with zero attached hydrogens (tertiary/aromatic N) is 1. The van der Waals surface area contributed by atoms with Crippen molar-refractivity contribution in [2.24, 2.45) is 0 Å². The van der Waals surface area contributed by atoms with E-state index in [9.17, 15) is 9.90 Å². The van der Waals surface area contributed by atoms with Gasteiger partial charge in [0, 0.05) is 23.2 Å². The van der Waals surface area contributed by atoms with Gasteiger partial charge >= 0.3 is 0 Å². The maximum absolute atomic E-state index is 11.0. The van der Waals surface area contributed by atoms with E-state index in [1.807, 2.05) is 18.2 Å². The van der Waals surface area contributed by atoms with Crippen LogP contribution < -0.4 is 10.4 Å². The monoisotopic (exact) mass is 481 g/mol. The number of carboxylic acids is 1. The SMILES string of the molecule is Cc1ccc(NC(=S)N(Cc2ccc(Br)cc2)Cc2ccc(C(=O)[O-])cc2)cc1C. The molecule has 3 rings (SSSR count). The molecule has 0 saturated heterocycles. The Hall–Kier alpha value is -2.70. The van der Waals surface area contributed by atoms with Crippen molar-refractivity contribution in [1.29, 1.82) is 0 Å². The Morgan fingerprint density at radius 3 is 2.03 bits per heavy atom. The molecule has 6 heteroatoms. The molecule has 0 saturated carbocycles. The average Bonchev–Trinajstić information content (AvgIpc) is 2.72. The van der Waals surface area contributed by atoms with E-state index < -0.39 is 5.97 Å². The van der Waals surface area contributed by atoms with Crippen LogP contribution in [0.2, 0.25) is 0 Å². The van der Waals surface area contributed by atoms with E-state index in [0.29, 0.717) is 18.2 Å². The predicted molar refractivity (Wildman–Crippen MR) is 126 cm³/mol. The lowest BCUT2D eigenvalue weighted by atomic mass is 10.1. The van der Waals surface area contributed by atoms with Crippen molar-refractivity contribution in [3.05, 3.63) is 99.0 Å². The van der Waals surface area contributed by atoms with Crippen LogP contribution in [0.3, 0.4) is 0 Å². The number of aromatic carboxylic acids is 1. The number of carboxylic acid groups (broad SMARTS) is 1. The number of carbonyl (C=O) groups excluding carboxylic acids is 1. The number of hydrogen-bond donors (Lipinski definition) is 1. The molecular weight excluding hydrogens is 460 g/mol. The van der Waals surface area contributed by atoms with Crippen molar-refractivity contribution in [2.45, 2.75) is 26.9 Å². The molecule has 0 aliphatic heterocycles. The lowest BCUT2D eigenvalue weighted by molar-refractivity contribution is -0.255. The number of thiocarbonyl (C=S) groups is 1. The second kappa shape index (κ2) is 9.87. The number of rotatable bonds is 6. The summed E-state index contributed by atoms with van der Waals surface area (Å²) in [5.74, 6) is -1.18. The molecule has 0 aromatic heterocycles. The van der Waals surface area contributed by atoms with Gasteiger partial charge in [-0.3, -0.25) is 0 Å². The van der Waals surface area contributed by atoms with Crippen LogP contribution in [0.15, 0.2) is 71.2 Å². The van der Waals surface area contributed by atoms with Gasteiger partial charge in [-0.05, 0) is 78.1 Å². The molecule has 0 aliphatic rings. The molecule has 0 atom stereocenters. The number of hydrogen-bond acceptors (Lipinski definition) is 3. The van der Waals surface area contributed by atoms with Crippen LogP contribution in [-0.2, 0) is 13.1 Å². The Morgan fingerprint density at radius 1 is 0.933 bits per heavy atom. The molecule has 0 radical (unpaired) electrons. The summed E-state index contributed by atoms with van der Waals surface area (Å²) in [6.07, 6.45) is 0. The number of carbonyl (C=O) groups is 1. The van der Waals surface area contributed by atoms with Crippen LogP contribution in [0.25, 0.3) is 0 Å².